The van der Waals surface area contributed by atoms with Crippen LogP contribution in [0.1, 0.15) is 21.5 Å². The maximum atomic E-state index is 13.0. The minimum atomic E-state index is -0.200. The van der Waals surface area contributed by atoms with E-state index in [0.29, 0.717) is 56.2 Å². The van der Waals surface area contributed by atoms with Crippen molar-refractivity contribution in [3.63, 3.8) is 0 Å². The summed E-state index contributed by atoms with van der Waals surface area (Å²) in [7, 11) is 1.62. The largest absolute Gasteiger partial charge is 0.497 e. The van der Waals surface area contributed by atoms with E-state index in [1.54, 1.807) is 42.5 Å². The third kappa shape index (κ3) is 6.10. The number of aromatic nitrogens is 1. The van der Waals surface area contributed by atoms with Crippen molar-refractivity contribution in [3.8, 4) is 11.8 Å². The normalized spacial score (nSPS) is 13.0. The van der Waals surface area contributed by atoms with Gasteiger partial charge in [0.2, 0.25) is 0 Å². The van der Waals surface area contributed by atoms with E-state index in [9.17, 15) is 9.59 Å². The number of carbonyl (C=O) groups excluding carboxylic acids is 2. The molecule has 0 unspecified atom stereocenters. The number of nitrogens with zero attached hydrogens (tertiary/aromatic N) is 4. The number of hydrogen-bond donors (Lipinski definition) is 2. The molecule has 1 aliphatic rings. The molecule has 1 aromatic heterocycles. The molecule has 0 atom stereocenters. The topological polar surface area (TPSA) is 111 Å². The molecule has 184 valence electrons. The van der Waals surface area contributed by atoms with Gasteiger partial charge < -0.3 is 25.2 Å². The second kappa shape index (κ2) is 11.7. The zero-order valence-electron chi connectivity index (χ0n) is 20.1. The molecule has 3 aromatic rings. The van der Waals surface area contributed by atoms with E-state index in [1.807, 2.05) is 41.3 Å². The molecule has 2 heterocycles. The number of nitrogens with one attached hydrogen (secondary N) is 2. The predicted octanol–water partition coefficient (Wildman–Crippen LogP) is 3.44. The standard InChI is InChI=1S/C27H28N6O3/c1-36-23-10-6-21(7-11-23)19-30-26(34)24-3-2-14-29-25(24)32-15-17-33(18-16-32)27(35)31-22-8-4-20(5-9-22)12-13-28/h2-11,14H,12,15-19H2,1H3,(H,30,34)(H,31,35). The van der Waals surface area contributed by atoms with E-state index < -0.39 is 0 Å². The van der Waals surface area contributed by atoms with Crippen LogP contribution in [0.15, 0.2) is 66.9 Å². The Morgan fingerprint density at radius 2 is 1.69 bits per heavy atom. The maximum absolute atomic E-state index is 13.0. The number of rotatable bonds is 7. The summed E-state index contributed by atoms with van der Waals surface area (Å²) in [5.41, 5.74) is 3.06. The van der Waals surface area contributed by atoms with Gasteiger partial charge in [-0.3, -0.25) is 4.79 Å². The van der Waals surface area contributed by atoms with Crippen LogP contribution < -0.4 is 20.3 Å². The van der Waals surface area contributed by atoms with Gasteiger partial charge in [-0.25, -0.2) is 9.78 Å². The van der Waals surface area contributed by atoms with Gasteiger partial charge in [-0.1, -0.05) is 24.3 Å². The number of hydrogen-bond acceptors (Lipinski definition) is 6. The number of ether oxygens (including phenoxy) is 1. The van der Waals surface area contributed by atoms with Crippen molar-refractivity contribution < 1.29 is 14.3 Å². The molecular formula is C27H28N6O3. The van der Waals surface area contributed by atoms with Gasteiger partial charge in [0.05, 0.1) is 25.2 Å². The van der Waals surface area contributed by atoms with E-state index in [0.717, 1.165) is 16.9 Å². The van der Waals surface area contributed by atoms with Crippen molar-refractivity contribution in [2.24, 2.45) is 0 Å². The molecular weight excluding hydrogens is 456 g/mol. The molecule has 3 amide bonds. The average Bonchev–Trinajstić information content (AvgIpc) is 2.93. The summed E-state index contributed by atoms with van der Waals surface area (Å²) in [5, 5.41) is 14.6. The molecule has 9 heteroatoms. The second-order valence-corrected chi connectivity index (χ2v) is 8.34. The first-order valence-electron chi connectivity index (χ1n) is 11.7. The summed E-state index contributed by atoms with van der Waals surface area (Å²) < 4.78 is 5.17. The SMILES string of the molecule is COc1ccc(CNC(=O)c2cccnc2N2CCN(C(=O)Nc3ccc(CC#N)cc3)CC2)cc1. The van der Waals surface area contributed by atoms with Crippen molar-refractivity contribution in [1.82, 2.24) is 15.2 Å². The van der Waals surface area contributed by atoms with Crippen LogP contribution in [0.3, 0.4) is 0 Å². The Kier molecular flexibility index (Phi) is 7.98. The quantitative estimate of drug-likeness (QED) is 0.532. The highest BCUT2D eigenvalue weighted by molar-refractivity contribution is 5.99. The molecule has 36 heavy (non-hydrogen) atoms. The lowest BCUT2D eigenvalue weighted by Crippen LogP contribution is -2.50. The third-order valence-corrected chi connectivity index (χ3v) is 6.00. The number of pyridine rings is 1. The first-order valence-corrected chi connectivity index (χ1v) is 11.7. The Bertz CT molecular complexity index is 1230. The van der Waals surface area contributed by atoms with Gasteiger partial charge >= 0.3 is 6.03 Å². The van der Waals surface area contributed by atoms with Gasteiger partial charge in [0.15, 0.2) is 0 Å². The lowest BCUT2D eigenvalue weighted by atomic mass is 10.1. The Balaban J connectivity index is 1.32. The molecule has 0 aliphatic carbocycles. The van der Waals surface area contributed by atoms with Crippen LogP contribution in [-0.4, -0.2) is 55.1 Å². The molecule has 1 aliphatic heterocycles. The highest BCUT2D eigenvalue weighted by atomic mass is 16.5. The van der Waals surface area contributed by atoms with Gasteiger partial charge in [0.25, 0.3) is 5.91 Å². The molecule has 0 bridgehead atoms. The van der Waals surface area contributed by atoms with Crippen molar-refractivity contribution in [3.05, 3.63) is 83.6 Å². The summed E-state index contributed by atoms with van der Waals surface area (Å²) in [6.07, 6.45) is 2.01. The molecule has 0 spiro atoms. The fraction of sp³-hybridized carbons (Fsp3) is 0.259. The van der Waals surface area contributed by atoms with E-state index in [2.05, 4.69) is 21.7 Å². The number of anilines is 2. The summed E-state index contributed by atoms with van der Waals surface area (Å²) in [4.78, 5) is 33.9. The molecule has 1 saturated heterocycles. The van der Waals surface area contributed by atoms with E-state index in [4.69, 9.17) is 10.00 Å². The number of nitriles is 1. The van der Waals surface area contributed by atoms with Gasteiger partial charge in [0, 0.05) is 44.6 Å². The minimum Gasteiger partial charge on any atom is -0.497 e. The maximum Gasteiger partial charge on any atom is 0.321 e. The first kappa shape index (κ1) is 24.5. The van der Waals surface area contributed by atoms with Crippen LogP contribution in [0.4, 0.5) is 16.3 Å². The molecule has 2 aromatic carbocycles. The Morgan fingerprint density at radius 1 is 1.00 bits per heavy atom. The number of benzene rings is 2. The predicted molar refractivity (Wildman–Crippen MR) is 137 cm³/mol. The van der Waals surface area contributed by atoms with Crippen molar-refractivity contribution in [1.29, 1.82) is 5.26 Å². The van der Waals surface area contributed by atoms with Crippen LogP contribution in [-0.2, 0) is 13.0 Å². The minimum absolute atomic E-state index is 0.179. The van der Waals surface area contributed by atoms with Crippen LogP contribution >= 0.6 is 0 Å². The van der Waals surface area contributed by atoms with E-state index in [-0.39, 0.29) is 11.9 Å². The van der Waals surface area contributed by atoms with Crippen molar-refractivity contribution in [2.45, 2.75) is 13.0 Å². The average molecular weight is 485 g/mol. The Hall–Kier alpha value is -4.58. The highest BCUT2D eigenvalue weighted by Gasteiger charge is 2.25. The van der Waals surface area contributed by atoms with Gasteiger partial charge in [-0.2, -0.15) is 5.26 Å². The summed E-state index contributed by atoms with van der Waals surface area (Å²) in [6.45, 7) is 2.51. The van der Waals surface area contributed by atoms with Crippen molar-refractivity contribution in [2.75, 3.05) is 43.5 Å². The highest BCUT2D eigenvalue weighted by Crippen LogP contribution is 2.20. The fourth-order valence-corrected chi connectivity index (χ4v) is 3.97. The van der Waals surface area contributed by atoms with Gasteiger partial charge in [0.1, 0.15) is 11.6 Å². The Morgan fingerprint density at radius 3 is 2.36 bits per heavy atom. The number of urea groups is 1. The van der Waals surface area contributed by atoms with Crippen molar-refractivity contribution >= 4 is 23.4 Å². The van der Waals surface area contributed by atoms with Gasteiger partial charge in [-0.15, -0.1) is 0 Å². The monoisotopic (exact) mass is 484 g/mol. The molecule has 4 rings (SSSR count). The van der Waals surface area contributed by atoms with Crippen LogP contribution in [0.25, 0.3) is 0 Å². The van der Waals surface area contributed by atoms with E-state index in [1.165, 1.54) is 0 Å². The lowest BCUT2D eigenvalue weighted by Gasteiger charge is -2.36. The third-order valence-electron chi connectivity index (χ3n) is 6.00. The lowest BCUT2D eigenvalue weighted by molar-refractivity contribution is 0.0950. The smallest absolute Gasteiger partial charge is 0.321 e. The van der Waals surface area contributed by atoms with Gasteiger partial charge in [-0.05, 0) is 47.5 Å². The number of piperazine rings is 1. The zero-order valence-corrected chi connectivity index (χ0v) is 20.1. The number of carbonyl (C=O) groups is 2. The summed E-state index contributed by atoms with van der Waals surface area (Å²) >= 11 is 0. The van der Waals surface area contributed by atoms with Crippen LogP contribution in [0.5, 0.6) is 5.75 Å². The second-order valence-electron chi connectivity index (χ2n) is 8.34. The summed E-state index contributed by atoms with van der Waals surface area (Å²) in [6, 6.07) is 20.2. The molecule has 9 nitrogen and oxygen atoms in total. The molecule has 2 N–H and O–H groups in total. The fourth-order valence-electron chi connectivity index (χ4n) is 3.97. The first-order chi connectivity index (χ1) is 17.6. The number of amides is 3. The zero-order chi connectivity index (χ0) is 25.3. The molecule has 0 radical (unpaired) electrons. The number of methoxy groups -OCH3 is 1. The van der Waals surface area contributed by atoms with Crippen LogP contribution in [0.2, 0.25) is 0 Å². The van der Waals surface area contributed by atoms with E-state index >= 15 is 0 Å². The molecule has 1 fully saturated rings. The molecule has 0 saturated carbocycles. The summed E-state index contributed by atoms with van der Waals surface area (Å²) in [5.74, 6) is 1.17. The Labute approximate surface area is 210 Å². The van der Waals surface area contributed by atoms with Crippen LogP contribution in [0, 0.1) is 11.3 Å².